The minimum absolute atomic E-state index is 0.0159. The Morgan fingerprint density at radius 3 is 2.60 bits per heavy atom. The van der Waals surface area contributed by atoms with Gasteiger partial charge in [0.25, 0.3) is 10.0 Å². The van der Waals surface area contributed by atoms with Crippen molar-refractivity contribution < 1.29 is 32.2 Å². The largest absolute Gasteiger partial charge is 0.497 e. The summed E-state index contributed by atoms with van der Waals surface area (Å²) >= 11 is 0. The highest BCUT2D eigenvalue weighted by molar-refractivity contribution is 7.91. The molecule has 0 aliphatic rings. The van der Waals surface area contributed by atoms with E-state index >= 15 is 4.39 Å². The summed E-state index contributed by atoms with van der Waals surface area (Å²) in [6.45, 7) is 4.53. The number of halogens is 1. The van der Waals surface area contributed by atoms with Crippen molar-refractivity contribution in [1.82, 2.24) is 14.8 Å². The third kappa shape index (κ3) is 5.96. The lowest BCUT2D eigenvalue weighted by molar-refractivity contribution is -0.136. The molecular formula is C28H29FN4O6S. The molecule has 210 valence electrons. The molecule has 0 fully saturated rings. The molecule has 0 saturated carbocycles. The topological polar surface area (TPSA) is 133 Å². The number of carboxylic acids is 1. The molecule has 0 saturated heterocycles. The van der Waals surface area contributed by atoms with E-state index in [-0.39, 0.29) is 24.3 Å². The van der Waals surface area contributed by atoms with Gasteiger partial charge >= 0.3 is 5.97 Å². The summed E-state index contributed by atoms with van der Waals surface area (Å²) in [5.74, 6) is -0.847. The number of methoxy groups -OCH3 is 1. The molecule has 1 N–H and O–H groups in total. The molecule has 4 rings (SSSR count). The average molecular weight is 569 g/mol. The van der Waals surface area contributed by atoms with E-state index in [1.54, 1.807) is 48.1 Å². The van der Waals surface area contributed by atoms with Crippen LogP contribution >= 0.6 is 0 Å². The third-order valence-corrected chi connectivity index (χ3v) is 8.15. The summed E-state index contributed by atoms with van der Waals surface area (Å²) in [7, 11) is -0.597. The molecule has 0 aliphatic heterocycles. The number of pyridine rings is 1. The highest BCUT2D eigenvalue weighted by Crippen LogP contribution is 2.31. The van der Waals surface area contributed by atoms with Crippen LogP contribution in [0.5, 0.6) is 11.5 Å². The third-order valence-electron chi connectivity index (χ3n) is 6.22. The van der Waals surface area contributed by atoms with Crippen LogP contribution in [0.25, 0.3) is 22.0 Å². The minimum Gasteiger partial charge on any atom is -0.497 e. The van der Waals surface area contributed by atoms with Crippen LogP contribution < -0.4 is 9.47 Å². The van der Waals surface area contributed by atoms with E-state index in [2.05, 4.69) is 14.5 Å². The summed E-state index contributed by atoms with van der Waals surface area (Å²) in [4.78, 5) is 15.3. The Labute approximate surface area is 231 Å². The van der Waals surface area contributed by atoms with Crippen molar-refractivity contribution in [2.45, 2.75) is 38.5 Å². The maximum atomic E-state index is 15.5. The van der Waals surface area contributed by atoms with Crippen LogP contribution in [0.1, 0.15) is 37.7 Å². The zero-order chi connectivity index (χ0) is 29.2. The number of carboxylic acid groups (broad SMARTS) is 1. The monoisotopic (exact) mass is 568 g/mol. The molecule has 2 aromatic heterocycles. The van der Waals surface area contributed by atoms with Crippen molar-refractivity contribution in [2.75, 3.05) is 7.11 Å². The van der Waals surface area contributed by atoms with Gasteiger partial charge in [0.1, 0.15) is 29.5 Å². The Bertz CT molecular complexity index is 1720. The second kappa shape index (κ2) is 11.0. The molecule has 0 atom stereocenters. The Balaban J connectivity index is 1.69. The number of benzene rings is 2. The number of hydrogen-bond acceptors (Lipinski definition) is 7. The Morgan fingerprint density at radius 2 is 1.93 bits per heavy atom. The Hall–Kier alpha value is -4.32. The van der Waals surface area contributed by atoms with E-state index in [9.17, 15) is 18.3 Å². The van der Waals surface area contributed by atoms with Gasteiger partial charge in [-0.3, -0.25) is 14.5 Å². The predicted molar refractivity (Wildman–Crippen MR) is 149 cm³/mol. The number of aryl methyl sites for hydroxylation is 1. The molecule has 0 radical (unpaired) electrons. The van der Waals surface area contributed by atoms with Crippen LogP contribution in [0.2, 0.25) is 0 Å². The number of rotatable bonds is 9. The van der Waals surface area contributed by atoms with Crippen LogP contribution in [0.15, 0.2) is 53.1 Å². The number of sulfonamides is 1. The van der Waals surface area contributed by atoms with E-state index in [1.165, 1.54) is 40.1 Å². The van der Waals surface area contributed by atoms with Gasteiger partial charge in [-0.05, 0) is 50.6 Å². The number of nitrogens with zero attached hydrogens (tertiary/aromatic N) is 4. The van der Waals surface area contributed by atoms with Gasteiger partial charge in [-0.2, -0.15) is 9.50 Å². The molecular weight excluding hydrogens is 539 g/mol. The van der Waals surface area contributed by atoms with Crippen LogP contribution in [0.3, 0.4) is 0 Å². The Morgan fingerprint density at radius 1 is 1.18 bits per heavy atom. The summed E-state index contributed by atoms with van der Waals surface area (Å²) in [6, 6.07) is 11.7. The molecule has 4 aromatic rings. The molecule has 0 bridgehead atoms. The number of ether oxygens (including phenoxy) is 2. The lowest BCUT2D eigenvalue weighted by atomic mass is 10.0. The minimum atomic E-state index is -3.87. The SMILES string of the molecule is COc1ccc(CC(=O)O)c(OCc2nn(C)c3ccc(-c4ccnc(C=NS(=O)(=O)C(C)(C)C)c4F)cc23)c1. The number of hydrogen-bond donors (Lipinski definition) is 1. The summed E-state index contributed by atoms with van der Waals surface area (Å²) < 4.78 is 55.6. The predicted octanol–water partition coefficient (Wildman–Crippen LogP) is 4.54. The molecule has 12 heteroatoms. The van der Waals surface area contributed by atoms with E-state index in [1.807, 2.05) is 0 Å². The Kier molecular flexibility index (Phi) is 7.92. The van der Waals surface area contributed by atoms with Gasteiger partial charge in [-0.1, -0.05) is 12.1 Å². The van der Waals surface area contributed by atoms with Crippen molar-refractivity contribution in [3.05, 3.63) is 71.4 Å². The van der Waals surface area contributed by atoms with Crippen LogP contribution in [0, 0.1) is 5.82 Å². The fourth-order valence-corrected chi connectivity index (χ4v) is 4.47. The van der Waals surface area contributed by atoms with Crippen LogP contribution in [-0.2, 0) is 34.9 Å². The first-order valence-corrected chi connectivity index (χ1v) is 13.7. The smallest absolute Gasteiger partial charge is 0.307 e. The van der Waals surface area contributed by atoms with Gasteiger partial charge < -0.3 is 14.6 Å². The molecule has 0 spiro atoms. The zero-order valence-electron chi connectivity index (χ0n) is 22.7. The molecule has 40 heavy (non-hydrogen) atoms. The molecule has 10 nitrogen and oxygen atoms in total. The maximum absolute atomic E-state index is 15.5. The number of carbonyl (C=O) groups is 1. The van der Waals surface area contributed by atoms with Crippen LogP contribution in [-0.4, -0.2) is 52.3 Å². The van der Waals surface area contributed by atoms with Gasteiger partial charge in [0.05, 0.1) is 30.0 Å². The number of fused-ring (bicyclic) bond motifs is 1. The first-order valence-electron chi connectivity index (χ1n) is 12.2. The van der Waals surface area contributed by atoms with Crippen molar-refractivity contribution in [3.8, 4) is 22.6 Å². The molecule has 2 heterocycles. The number of aromatic nitrogens is 3. The molecule has 0 aliphatic carbocycles. The average Bonchev–Trinajstić information content (AvgIpc) is 3.21. The van der Waals surface area contributed by atoms with E-state index < -0.39 is 26.6 Å². The summed E-state index contributed by atoms with van der Waals surface area (Å²) in [6.07, 6.45) is 2.08. The fourth-order valence-electron chi connectivity index (χ4n) is 3.91. The second-order valence-corrected chi connectivity index (χ2v) is 12.4. The van der Waals surface area contributed by atoms with Gasteiger partial charge in [0, 0.05) is 35.8 Å². The second-order valence-electron chi connectivity index (χ2n) is 10.0. The highest BCUT2D eigenvalue weighted by Gasteiger charge is 2.28. The van der Waals surface area contributed by atoms with E-state index in [4.69, 9.17) is 9.47 Å². The maximum Gasteiger partial charge on any atom is 0.307 e. The normalized spacial score (nSPS) is 12.2. The first-order chi connectivity index (χ1) is 18.8. The molecule has 0 unspecified atom stereocenters. The standard InChI is InChI=1S/C28H29FN4O6S/c1-28(2,3)40(36,37)31-15-22-27(29)20(10-11-30-22)17-7-9-24-21(12-17)23(32-33(24)4)16-39-25-14-19(38-5)8-6-18(25)13-26(34)35/h6-12,14-15H,13,16H2,1-5H3,(H,34,35). The number of aliphatic carboxylic acids is 1. The van der Waals surface area contributed by atoms with Gasteiger partial charge in [-0.15, -0.1) is 0 Å². The van der Waals surface area contributed by atoms with E-state index in [0.29, 0.717) is 33.7 Å². The molecule has 0 amide bonds. The summed E-state index contributed by atoms with van der Waals surface area (Å²) in [5.41, 5.74) is 2.32. The fraction of sp³-hybridized carbons (Fsp3) is 0.286. The van der Waals surface area contributed by atoms with Crippen molar-refractivity contribution in [3.63, 3.8) is 0 Å². The van der Waals surface area contributed by atoms with Crippen molar-refractivity contribution >= 4 is 33.1 Å². The van der Waals surface area contributed by atoms with Crippen molar-refractivity contribution in [1.29, 1.82) is 0 Å². The van der Waals surface area contributed by atoms with Gasteiger partial charge in [0.15, 0.2) is 5.82 Å². The lowest BCUT2D eigenvalue weighted by Gasteiger charge is -2.14. The van der Waals surface area contributed by atoms with Crippen molar-refractivity contribution in [2.24, 2.45) is 11.4 Å². The summed E-state index contributed by atoms with van der Waals surface area (Å²) in [5, 5.41) is 14.5. The van der Waals surface area contributed by atoms with Crippen LogP contribution in [0.4, 0.5) is 4.39 Å². The van der Waals surface area contributed by atoms with E-state index in [0.717, 1.165) is 11.7 Å². The zero-order valence-corrected chi connectivity index (χ0v) is 23.5. The van der Waals surface area contributed by atoms with Gasteiger partial charge in [-0.25, -0.2) is 12.8 Å². The molecule has 2 aromatic carbocycles. The highest BCUT2D eigenvalue weighted by atomic mass is 32.2. The lowest BCUT2D eigenvalue weighted by Crippen LogP contribution is -2.25. The first kappa shape index (κ1) is 28.7. The quantitative estimate of drug-likeness (QED) is 0.291. The van der Waals surface area contributed by atoms with Gasteiger partial charge in [0.2, 0.25) is 0 Å².